The minimum atomic E-state index is -0.948. The summed E-state index contributed by atoms with van der Waals surface area (Å²) in [5.41, 5.74) is 1.88. The number of likely N-dealkylation sites (N-methyl/N-ethyl adjacent to an activating group) is 1. The predicted molar refractivity (Wildman–Crippen MR) is 97.4 cm³/mol. The molecule has 1 aromatic carbocycles. The highest BCUT2D eigenvalue weighted by molar-refractivity contribution is 5.90. The van der Waals surface area contributed by atoms with Crippen molar-refractivity contribution in [3.05, 3.63) is 23.8 Å². The number of carboxylic acid groups (broad SMARTS) is 1. The number of amides is 1. The van der Waals surface area contributed by atoms with Crippen LogP contribution in [-0.2, 0) is 9.53 Å². The van der Waals surface area contributed by atoms with Crippen molar-refractivity contribution in [1.82, 2.24) is 4.90 Å². The monoisotopic (exact) mass is 349 g/mol. The number of aromatic carboxylic acids is 1. The Morgan fingerprint density at radius 2 is 2.00 bits per heavy atom. The largest absolute Gasteiger partial charge is 0.478 e. The van der Waals surface area contributed by atoms with Crippen LogP contribution in [0, 0.1) is 0 Å². The molecule has 0 spiro atoms. The van der Waals surface area contributed by atoms with Crippen LogP contribution >= 0.6 is 0 Å². The van der Waals surface area contributed by atoms with E-state index in [1.54, 1.807) is 26.2 Å². The van der Waals surface area contributed by atoms with Crippen LogP contribution in [0.2, 0.25) is 0 Å². The summed E-state index contributed by atoms with van der Waals surface area (Å²) in [5, 5.41) is 12.8. The van der Waals surface area contributed by atoms with Gasteiger partial charge in [0.15, 0.2) is 0 Å². The van der Waals surface area contributed by atoms with E-state index in [-0.39, 0.29) is 17.5 Å². The first-order valence-corrected chi connectivity index (χ1v) is 8.51. The Morgan fingerprint density at radius 1 is 1.32 bits per heavy atom. The fourth-order valence-corrected chi connectivity index (χ4v) is 2.97. The molecule has 1 aromatic rings. The third-order valence-corrected chi connectivity index (χ3v) is 4.55. The van der Waals surface area contributed by atoms with Gasteiger partial charge in [-0.1, -0.05) is 0 Å². The molecule has 1 amide bonds. The maximum absolute atomic E-state index is 11.4. The van der Waals surface area contributed by atoms with Crippen molar-refractivity contribution in [3.63, 3.8) is 0 Å². The zero-order valence-corrected chi connectivity index (χ0v) is 15.1. The van der Waals surface area contributed by atoms with E-state index in [4.69, 9.17) is 4.74 Å². The standard InChI is InChI=1S/C18H27N3O4/c1-13(22)21-6-4-15(5-7-21)19-16-10-14(18(23)24)11-17(12-16)20(2)8-9-25-3/h10-12,15,19H,4-9H2,1-3H3,(H,23,24). The summed E-state index contributed by atoms with van der Waals surface area (Å²) >= 11 is 0. The van der Waals surface area contributed by atoms with Crippen molar-refractivity contribution in [2.45, 2.75) is 25.8 Å². The number of methoxy groups -OCH3 is 1. The molecule has 0 radical (unpaired) electrons. The van der Waals surface area contributed by atoms with E-state index in [0.717, 1.165) is 37.3 Å². The highest BCUT2D eigenvalue weighted by Crippen LogP contribution is 2.24. The second-order valence-corrected chi connectivity index (χ2v) is 6.41. The molecular weight excluding hydrogens is 322 g/mol. The topological polar surface area (TPSA) is 82.1 Å². The molecule has 138 valence electrons. The van der Waals surface area contributed by atoms with Crippen molar-refractivity contribution >= 4 is 23.3 Å². The lowest BCUT2D eigenvalue weighted by molar-refractivity contribution is -0.129. The molecule has 7 heteroatoms. The highest BCUT2D eigenvalue weighted by Gasteiger charge is 2.21. The molecule has 0 aliphatic carbocycles. The summed E-state index contributed by atoms with van der Waals surface area (Å²) in [7, 11) is 3.55. The van der Waals surface area contributed by atoms with Gasteiger partial charge in [-0.3, -0.25) is 4.79 Å². The minimum absolute atomic E-state index is 0.105. The van der Waals surface area contributed by atoms with Gasteiger partial charge in [-0.15, -0.1) is 0 Å². The number of piperidine rings is 1. The molecule has 0 saturated carbocycles. The summed E-state index contributed by atoms with van der Waals surface area (Å²) in [5.74, 6) is -0.843. The predicted octanol–water partition coefficient (Wildman–Crippen LogP) is 1.89. The Morgan fingerprint density at radius 3 is 2.56 bits per heavy atom. The normalized spacial score (nSPS) is 15.1. The summed E-state index contributed by atoms with van der Waals surface area (Å²) in [6.45, 7) is 4.29. The third-order valence-electron chi connectivity index (χ3n) is 4.55. The van der Waals surface area contributed by atoms with Gasteiger partial charge in [0.05, 0.1) is 12.2 Å². The Hall–Kier alpha value is -2.28. The van der Waals surface area contributed by atoms with Gasteiger partial charge in [-0.05, 0) is 31.0 Å². The summed E-state index contributed by atoms with van der Waals surface area (Å²) < 4.78 is 5.09. The number of benzene rings is 1. The van der Waals surface area contributed by atoms with Gasteiger partial charge in [0.25, 0.3) is 0 Å². The molecule has 0 atom stereocenters. The molecule has 1 fully saturated rings. The zero-order valence-electron chi connectivity index (χ0n) is 15.1. The fraction of sp³-hybridized carbons (Fsp3) is 0.556. The van der Waals surface area contributed by atoms with Gasteiger partial charge in [-0.25, -0.2) is 4.79 Å². The van der Waals surface area contributed by atoms with E-state index in [9.17, 15) is 14.7 Å². The molecule has 1 aliphatic rings. The van der Waals surface area contributed by atoms with Crippen LogP contribution in [0.5, 0.6) is 0 Å². The van der Waals surface area contributed by atoms with Crippen molar-refractivity contribution in [3.8, 4) is 0 Å². The van der Waals surface area contributed by atoms with E-state index in [1.165, 1.54) is 0 Å². The third kappa shape index (κ3) is 5.35. The molecule has 0 bridgehead atoms. The molecular formula is C18H27N3O4. The first-order valence-electron chi connectivity index (χ1n) is 8.51. The van der Waals surface area contributed by atoms with Crippen LogP contribution in [0.1, 0.15) is 30.1 Å². The average molecular weight is 349 g/mol. The van der Waals surface area contributed by atoms with Gasteiger partial charge < -0.3 is 25.0 Å². The number of nitrogens with zero attached hydrogens (tertiary/aromatic N) is 2. The molecule has 1 saturated heterocycles. The lowest BCUT2D eigenvalue weighted by Gasteiger charge is -2.32. The Bertz CT molecular complexity index is 612. The molecule has 25 heavy (non-hydrogen) atoms. The van der Waals surface area contributed by atoms with Gasteiger partial charge in [-0.2, -0.15) is 0 Å². The van der Waals surface area contributed by atoms with Gasteiger partial charge in [0.2, 0.25) is 5.91 Å². The number of carbonyl (C=O) groups is 2. The van der Waals surface area contributed by atoms with Crippen LogP contribution in [0.25, 0.3) is 0 Å². The number of ether oxygens (including phenoxy) is 1. The van der Waals surface area contributed by atoms with E-state index in [2.05, 4.69) is 5.32 Å². The second kappa shape index (κ2) is 8.71. The van der Waals surface area contributed by atoms with Crippen molar-refractivity contribution in [2.75, 3.05) is 50.6 Å². The maximum atomic E-state index is 11.4. The maximum Gasteiger partial charge on any atom is 0.335 e. The number of hydrogen-bond donors (Lipinski definition) is 2. The average Bonchev–Trinajstić information content (AvgIpc) is 2.59. The number of nitrogens with one attached hydrogen (secondary N) is 1. The molecule has 1 heterocycles. The summed E-state index contributed by atoms with van der Waals surface area (Å²) in [6.07, 6.45) is 1.71. The first kappa shape index (κ1) is 19.1. The zero-order chi connectivity index (χ0) is 18.4. The van der Waals surface area contributed by atoms with Crippen LogP contribution in [0.15, 0.2) is 18.2 Å². The lowest BCUT2D eigenvalue weighted by Crippen LogP contribution is -2.41. The van der Waals surface area contributed by atoms with E-state index in [0.29, 0.717) is 13.2 Å². The summed E-state index contributed by atoms with van der Waals surface area (Å²) in [4.78, 5) is 26.7. The number of hydrogen-bond acceptors (Lipinski definition) is 5. The van der Waals surface area contributed by atoms with Crippen LogP contribution in [-0.4, -0.2) is 68.3 Å². The van der Waals surface area contributed by atoms with Gasteiger partial charge in [0, 0.05) is 58.1 Å². The molecule has 0 unspecified atom stereocenters. The van der Waals surface area contributed by atoms with E-state index in [1.807, 2.05) is 22.9 Å². The minimum Gasteiger partial charge on any atom is -0.478 e. The number of carboxylic acids is 1. The SMILES string of the molecule is COCCN(C)c1cc(NC2CCN(C(C)=O)CC2)cc(C(=O)O)c1. The Labute approximate surface area is 148 Å². The van der Waals surface area contributed by atoms with Crippen LogP contribution in [0.3, 0.4) is 0 Å². The summed E-state index contributed by atoms with van der Waals surface area (Å²) in [6, 6.07) is 5.52. The quantitative estimate of drug-likeness (QED) is 0.782. The first-order chi connectivity index (χ1) is 11.9. The van der Waals surface area contributed by atoms with Crippen molar-refractivity contribution in [1.29, 1.82) is 0 Å². The second-order valence-electron chi connectivity index (χ2n) is 6.41. The molecule has 2 N–H and O–H groups in total. The number of carbonyl (C=O) groups excluding carboxylic acids is 1. The van der Waals surface area contributed by atoms with Crippen LogP contribution < -0.4 is 10.2 Å². The fourth-order valence-electron chi connectivity index (χ4n) is 2.97. The number of anilines is 2. The van der Waals surface area contributed by atoms with E-state index >= 15 is 0 Å². The van der Waals surface area contributed by atoms with Gasteiger partial charge >= 0.3 is 5.97 Å². The van der Waals surface area contributed by atoms with Gasteiger partial charge in [0.1, 0.15) is 0 Å². The lowest BCUT2D eigenvalue weighted by atomic mass is 10.0. The van der Waals surface area contributed by atoms with Crippen molar-refractivity contribution in [2.24, 2.45) is 0 Å². The molecule has 2 rings (SSSR count). The highest BCUT2D eigenvalue weighted by atomic mass is 16.5. The molecule has 7 nitrogen and oxygen atoms in total. The number of likely N-dealkylation sites (tertiary alicyclic amines) is 1. The Balaban J connectivity index is 2.10. The Kier molecular flexibility index (Phi) is 6.64. The smallest absolute Gasteiger partial charge is 0.335 e. The molecule has 0 aromatic heterocycles. The van der Waals surface area contributed by atoms with Crippen molar-refractivity contribution < 1.29 is 19.4 Å². The van der Waals surface area contributed by atoms with Crippen LogP contribution in [0.4, 0.5) is 11.4 Å². The molecule has 1 aliphatic heterocycles. The number of rotatable bonds is 7. The van der Waals surface area contributed by atoms with E-state index < -0.39 is 5.97 Å².